The third-order valence-electron chi connectivity index (χ3n) is 16.1. The second kappa shape index (κ2) is 32.4. The lowest BCUT2D eigenvalue weighted by molar-refractivity contribution is 0.312. The molecular formula is C64H98N4O. The molecule has 0 N–H and O–H groups in total. The van der Waals surface area contributed by atoms with Crippen molar-refractivity contribution in [1.29, 1.82) is 0 Å². The summed E-state index contributed by atoms with van der Waals surface area (Å²) in [5.41, 5.74) is 8.37. The molecule has 5 heteroatoms. The zero-order valence-corrected chi connectivity index (χ0v) is 44.7. The number of hydrogen-bond acceptors (Lipinski definition) is 5. The van der Waals surface area contributed by atoms with Gasteiger partial charge >= 0.3 is 0 Å². The van der Waals surface area contributed by atoms with Crippen LogP contribution in [0.15, 0.2) is 61.2 Å². The van der Waals surface area contributed by atoms with Gasteiger partial charge in [-0.1, -0.05) is 168 Å². The zero-order chi connectivity index (χ0) is 48.1. The number of nitrogens with zero attached hydrogens (tertiary/aromatic N) is 4. The summed E-state index contributed by atoms with van der Waals surface area (Å²) in [6.07, 6.45) is 54.0. The molecule has 0 atom stereocenters. The number of ether oxygens (including phenoxy) is 1. The predicted molar refractivity (Wildman–Crippen MR) is 293 cm³/mol. The first-order chi connectivity index (χ1) is 34.0. The van der Waals surface area contributed by atoms with Crippen LogP contribution in [0, 0.1) is 11.8 Å². The highest BCUT2D eigenvalue weighted by Gasteiger charge is 2.27. The molecule has 2 aliphatic rings. The molecule has 5 nitrogen and oxygen atoms in total. The van der Waals surface area contributed by atoms with Gasteiger partial charge in [0.15, 0.2) is 0 Å². The molecule has 380 valence electrons. The summed E-state index contributed by atoms with van der Waals surface area (Å²) in [6.45, 7) is 9.16. The summed E-state index contributed by atoms with van der Waals surface area (Å²) in [5.74, 6) is 6.55. The molecule has 0 saturated heterocycles. The maximum atomic E-state index is 7.25. The van der Waals surface area contributed by atoms with Crippen LogP contribution < -0.4 is 4.74 Å². The number of aryl methyl sites for hydroxylation is 4. The smallest absolute Gasteiger partial charge is 0.131 e. The van der Waals surface area contributed by atoms with E-state index in [9.17, 15) is 0 Å². The first kappa shape index (κ1) is 54.7. The Morgan fingerprint density at radius 2 is 0.667 bits per heavy atom. The third kappa shape index (κ3) is 19.8. The summed E-state index contributed by atoms with van der Waals surface area (Å²) in [4.78, 5) is 19.6. The fourth-order valence-corrected chi connectivity index (χ4v) is 11.6. The van der Waals surface area contributed by atoms with Gasteiger partial charge < -0.3 is 4.74 Å². The Balaban J connectivity index is 1.13. The fourth-order valence-electron chi connectivity index (χ4n) is 11.6. The van der Waals surface area contributed by atoms with Gasteiger partial charge in [-0.15, -0.1) is 0 Å². The monoisotopic (exact) mass is 939 g/mol. The minimum Gasteiger partial charge on any atom is -0.457 e. The van der Waals surface area contributed by atoms with Gasteiger partial charge in [-0.25, -0.2) is 19.9 Å². The van der Waals surface area contributed by atoms with Gasteiger partial charge in [0.1, 0.15) is 23.1 Å². The van der Waals surface area contributed by atoms with Gasteiger partial charge in [-0.05, 0) is 173 Å². The molecule has 2 fully saturated rings. The van der Waals surface area contributed by atoms with Crippen molar-refractivity contribution in [1.82, 2.24) is 19.9 Å². The highest BCUT2D eigenvalue weighted by Crippen LogP contribution is 2.41. The van der Waals surface area contributed by atoms with Gasteiger partial charge in [0.2, 0.25) is 0 Å². The lowest BCUT2D eigenvalue weighted by Gasteiger charge is -2.29. The van der Waals surface area contributed by atoms with Crippen molar-refractivity contribution in [2.24, 2.45) is 11.8 Å². The Kier molecular flexibility index (Phi) is 25.7. The van der Waals surface area contributed by atoms with Crippen molar-refractivity contribution in [2.45, 2.75) is 271 Å². The molecule has 0 spiro atoms. The quantitative estimate of drug-likeness (QED) is 0.0437. The molecule has 6 rings (SSSR count). The van der Waals surface area contributed by atoms with Gasteiger partial charge in [0.25, 0.3) is 0 Å². The average Bonchev–Trinajstić information content (AvgIpc) is 3.38. The van der Waals surface area contributed by atoms with Crippen LogP contribution in [0.25, 0.3) is 0 Å². The number of benzene rings is 2. The van der Waals surface area contributed by atoms with Crippen molar-refractivity contribution in [2.75, 3.05) is 0 Å². The average molecular weight is 940 g/mol. The predicted octanol–water partition coefficient (Wildman–Crippen LogP) is 18.9. The van der Waals surface area contributed by atoms with E-state index in [0.29, 0.717) is 23.7 Å². The summed E-state index contributed by atoms with van der Waals surface area (Å²) < 4.78 is 7.25. The molecule has 0 bridgehead atoms. The molecule has 2 saturated carbocycles. The molecule has 0 amide bonds. The van der Waals surface area contributed by atoms with Crippen molar-refractivity contribution < 1.29 is 4.74 Å². The third-order valence-corrected chi connectivity index (χ3v) is 16.1. The standard InChI is InChI=1S/C64H98N4O/c1-5-9-13-15-17-19-21-25-27-51-35-41-61(59(43-51)45-53-31-37-57(38-32-53)63-65-47-55(48-66-63)29-23-11-7-3)69-62-42-36-52(28-26-22-20-18-16-14-10-6-2)44-60(62)46-54-33-39-58(40-34-54)64-67-49-56(50-68-64)30-24-12-8-4/h35-36,41-44,47-50,53-54,57-58H,5-34,37-40,45-46H2,1-4H3/t53-,54-,57-,58-. The van der Waals surface area contributed by atoms with Gasteiger partial charge in [-0.3, -0.25) is 0 Å². The van der Waals surface area contributed by atoms with Crippen LogP contribution in [0.1, 0.15) is 277 Å². The number of hydrogen-bond donors (Lipinski definition) is 0. The van der Waals surface area contributed by atoms with Crippen LogP contribution in [-0.2, 0) is 38.5 Å². The molecule has 0 unspecified atom stereocenters. The molecule has 69 heavy (non-hydrogen) atoms. The molecule has 2 heterocycles. The Morgan fingerprint density at radius 3 is 1.03 bits per heavy atom. The summed E-state index contributed by atoms with van der Waals surface area (Å²) in [6, 6.07) is 14.5. The van der Waals surface area contributed by atoms with E-state index < -0.39 is 0 Å². The Bertz CT molecular complexity index is 1800. The van der Waals surface area contributed by atoms with E-state index in [1.54, 1.807) is 0 Å². The van der Waals surface area contributed by atoms with Crippen molar-refractivity contribution in [3.8, 4) is 11.5 Å². The van der Waals surface area contributed by atoms with Crippen LogP contribution in [0.2, 0.25) is 0 Å². The molecule has 4 aromatic rings. The highest BCUT2D eigenvalue weighted by molar-refractivity contribution is 5.45. The van der Waals surface area contributed by atoms with Crippen LogP contribution in [-0.4, -0.2) is 19.9 Å². The minimum atomic E-state index is 0.477. The van der Waals surface area contributed by atoms with Crippen LogP contribution in [0.3, 0.4) is 0 Å². The Morgan fingerprint density at radius 1 is 0.362 bits per heavy atom. The van der Waals surface area contributed by atoms with Crippen molar-refractivity contribution >= 4 is 0 Å². The van der Waals surface area contributed by atoms with Crippen LogP contribution in [0.5, 0.6) is 11.5 Å². The molecule has 2 aromatic heterocycles. The summed E-state index contributed by atoms with van der Waals surface area (Å²) >= 11 is 0. The number of unbranched alkanes of at least 4 members (excludes halogenated alkanes) is 18. The lowest BCUT2D eigenvalue weighted by Crippen LogP contribution is -2.18. The molecule has 0 radical (unpaired) electrons. The molecule has 2 aromatic carbocycles. The molecule has 0 aliphatic heterocycles. The normalized spacial score (nSPS) is 18.4. The van der Waals surface area contributed by atoms with E-state index in [1.165, 1.54) is 226 Å². The second-order valence-electron chi connectivity index (χ2n) is 22.1. The molecular weight excluding hydrogens is 841 g/mol. The number of aromatic nitrogens is 4. The van der Waals surface area contributed by atoms with E-state index in [0.717, 1.165) is 61.7 Å². The van der Waals surface area contributed by atoms with Crippen molar-refractivity contribution in [3.63, 3.8) is 0 Å². The van der Waals surface area contributed by atoms with E-state index in [-0.39, 0.29) is 0 Å². The first-order valence-electron chi connectivity index (χ1n) is 29.6. The van der Waals surface area contributed by atoms with E-state index in [2.05, 4.69) is 88.9 Å². The maximum absolute atomic E-state index is 7.25. The van der Waals surface area contributed by atoms with Crippen LogP contribution >= 0.6 is 0 Å². The SMILES string of the molecule is CCCCCCCCCCc1ccc(Oc2ccc(CCCCCCCCCC)cc2C[C@H]2CC[C@H](c3ncc(CCCCC)cn3)CC2)c(C[C@H]2CC[C@H](c3ncc(CCCCC)cn3)CC2)c1. The highest BCUT2D eigenvalue weighted by atomic mass is 16.5. The number of rotatable bonds is 34. The minimum absolute atomic E-state index is 0.477. The van der Waals surface area contributed by atoms with E-state index in [4.69, 9.17) is 24.7 Å². The zero-order valence-electron chi connectivity index (χ0n) is 44.7. The Hall–Kier alpha value is -3.60. The van der Waals surface area contributed by atoms with E-state index >= 15 is 0 Å². The Labute approximate surface area is 423 Å². The largest absolute Gasteiger partial charge is 0.457 e. The van der Waals surface area contributed by atoms with Gasteiger partial charge in [0.05, 0.1) is 0 Å². The topological polar surface area (TPSA) is 60.8 Å². The van der Waals surface area contributed by atoms with Gasteiger partial charge in [0, 0.05) is 36.6 Å². The maximum Gasteiger partial charge on any atom is 0.131 e. The van der Waals surface area contributed by atoms with Crippen molar-refractivity contribution in [3.05, 3.63) is 106 Å². The lowest BCUT2D eigenvalue weighted by atomic mass is 9.78. The van der Waals surface area contributed by atoms with Gasteiger partial charge in [-0.2, -0.15) is 0 Å². The first-order valence-corrected chi connectivity index (χ1v) is 29.6. The summed E-state index contributed by atoms with van der Waals surface area (Å²) in [5, 5.41) is 0. The van der Waals surface area contributed by atoms with Crippen LogP contribution in [0.4, 0.5) is 0 Å². The second-order valence-corrected chi connectivity index (χ2v) is 22.1. The molecule has 2 aliphatic carbocycles. The van der Waals surface area contributed by atoms with E-state index in [1.807, 2.05) is 0 Å². The summed E-state index contributed by atoms with van der Waals surface area (Å²) in [7, 11) is 0. The fraction of sp³-hybridized carbons (Fsp3) is 0.688.